The van der Waals surface area contributed by atoms with Gasteiger partial charge in [-0.3, -0.25) is 4.90 Å². The van der Waals surface area contributed by atoms with Gasteiger partial charge in [0.15, 0.2) is 17.4 Å². The monoisotopic (exact) mass is 514 g/mol. The van der Waals surface area contributed by atoms with Gasteiger partial charge in [-0.1, -0.05) is 29.8 Å². The fraction of sp³-hybridized carbons (Fsp3) is 0.207. The number of hydrogen-bond donors (Lipinski definition) is 2. The standard InChI is InChI=1S/C29H27ClN4O3/c1-33-10-12-34(13-11-33)18-19-2-6-22(7-3-19)31-28(20-4-9-25-26(16-20)37-15-14-36-25)27-23-8-5-21(30)17-24(23)32-29(27)35/h2-9,14-17,32,35H,10-13,18H2,1H3. The van der Waals surface area contributed by atoms with E-state index in [4.69, 9.17) is 26.1 Å². The minimum absolute atomic E-state index is 0.0255. The smallest absolute Gasteiger partial charge is 0.199 e. The van der Waals surface area contributed by atoms with Crippen LogP contribution >= 0.6 is 11.6 Å². The molecule has 0 atom stereocenters. The van der Waals surface area contributed by atoms with Crippen molar-refractivity contribution in [3.63, 3.8) is 0 Å². The van der Waals surface area contributed by atoms with Gasteiger partial charge in [-0.05, 0) is 55.1 Å². The highest BCUT2D eigenvalue weighted by atomic mass is 35.5. The lowest BCUT2D eigenvalue weighted by molar-refractivity contribution is 0.148. The Bertz CT molecular complexity index is 1500. The van der Waals surface area contributed by atoms with E-state index in [-0.39, 0.29) is 5.88 Å². The predicted molar refractivity (Wildman–Crippen MR) is 146 cm³/mol. The lowest BCUT2D eigenvalue weighted by Crippen LogP contribution is -2.43. The number of piperazine rings is 1. The Morgan fingerprint density at radius 1 is 0.946 bits per heavy atom. The van der Waals surface area contributed by atoms with E-state index < -0.39 is 0 Å². The molecule has 6 rings (SSSR count). The molecule has 0 unspecified atom stereocenters. The van der Waals surface area contributed by atoms with Gasteiger partial charge >= 0.3 is 0 Å². The number of aromatic hydroxyl groups is 1. The summed E-state index contributed by atoms with van der Waals surface area (Å²) in [5.74, 6) is 1.23. The van der Waals surface area contributed by atoms with Gasteiger partial charge in [0.2, 0.25) is 0 Å². The molecule has 2 aliphatic heterocycles. The van der Waals surface area contributed by atoms with Gasteiger partial charge in [0, 0.05) is 48.7 Å². The van der Waals surface area contributed by atoms with Gasteiger partial charge in [0.05, 0.1) is 22.5 Å². The Labute approximate surface area is 220 Å². The van der Waals surface area contributed by atoms with E-state index >= 15 is 0 Å². The number of hydrogen-bond acceptors (Lipinski definition) is 6. The van der Waals surface area contributed by atoms with Crippen LogP contribution in [0.2, 0.25) is 5.02 Å². The Balaban J connectivity index is 1.39. The van der Waals surface area contributed by atoms with Crippen molar-refractivity contribution in [3.8, 4) is 17.4 Å². The summed E-state index contributed by atoms with van der Waals surface area (Å²) in [5, 5.41) is 12.4. The van der Waals surface area contributed by atoms with Crippen molar-refractivity contribution in [1.29, 1.82) is 0 Å². The first-order chi connectivity index (χ1) is 18.0. The van der Waals surface area contributed by atoms with Gasteiger partial charge in [-0.2, -0.15) is 0 Å². The molecule has 0 aliphatic carbocycles. The quantitative estimate of drug-likeness (QED) is 0.335. The van der Waals surface area contributed by atoms with Crippen LogP contribution in [0, 0.1) is 0 Å². The van der Waals surface area contributed by atoms with Gasteiger partial charge in [-0.25, -0.2) is 4.99 Å². The molecule has 1 aromatic heterocycles. The van der Waals surface area contributed by atoms with E-state index in [0.29, 0.717) is 27.8 Å². The van der Waals surface area contributed by atoms with Crippen LogP contribution in [0.3, 0.4) is 0 Å². The first-order valence-electron chi connectivity index (χ1n) is 12.3. The summed E-state index contributed by atoms with van der Waals surface area (Å²) in [4.78, 5) is 12.9. The molecule has 0 radical (unpaired) electrons. The maximum atomic E-state index is 11.0. The van der Waals surface area contributed by atoms with Gasteiger partial charge in [-0.15, -0.1) is 0 Å². The Morgan fingerprint density at radius 3 is 2.49 bits per heavy atom. The SMILES string of the molecule is CN1CCN(Cc2ccc(N=C(c3ccc4c(c3)OC=CO4)c3c(O)[nH]c4cc(Cl)ccc34)cc2)CC1. The zero-order chi connectivity index (χ0) is 25.4. The third-order valence-electron chi connectivity index (χ3n) is 6.82. The van der Waals surface area contributed by atoms with E-state index in [1.807, 2.05) is 36.4 Å². The van der Waals surface area contributed by atoms with E-state index in [0.717, 1.165) is 54.9 Å². The van der Waals surface area contributed by atoms with Crippen molar-refractivity contribution in [1.82, 2.24) is 14.8 Å². The summed E-state index contributed by atoms with van der Waals surface area (Å²) in [5.41, 5.74) is 4.76. The number of likely N-dealkylation sites (N-methyl/N-ethyl adjacent to an activating group) is 1. The van der Waals surface area contributed by atoms with Gasteiger partial charge in [0.25, 0.3) is 0 Å². The number of aromatic nitrogens is 1. The number of aliphatic imine (C=N–C) groups is 1. The van der Waals surface area contributed by atoms with Crippen LogP contribution < -0.4 is 9.47 Å². The molecule has 1 saturated heterocycles. The Morgan fingerprint density at radius 2 is 1.70 bits per heavy atom. The molecule has 37 heavy (non-hydrogen) atoms. The number of nitrogens with zero attached hydrogens (tertiary/aromatic N) is 3. The Hall–Kier alpha value is -3.78. The van der Waals surface area contributed by atoms with E-state index in [1.54, 1.807) is 12.1 Å². The van der Waals surface area contributed by atoms with Gasteiger partial charge < -0.3 is 24.5 Å². The Kier molecular flexibility index (Phi) is 6.34. The highest BCUT2D eigenvalue weighted by molar-refractivity contribution is 6.31. The summed E-state index contributed by atoms with van der Waals surface area (Å²) < 4.78 is 11.2. The van der Waals surface area contributed by atoms with Crippen LogP contribution in [-0.4, -0.2) is 58.8 Å². The van der Waals surface area contributed by atoms with Crippen molar-refractivity contribution in [3.05, 3.63) is 94.9 Å². The van der Waals surface area contributed by atoms with Crippen LogP contribution in [-0.2, 0) is 6.54 Å². The number of ether oxygens (including phenoxy) is 2. The first-order valence-corrected chi connectivity index (χ1v) is 12.6. The molecule has 2 aliphatic rings. The molecule has 188 valence electrons. The molecular weight excluding hydrogens is 488 g/mol. The highest BCUT2D eigenvalue weighted by Crippen LogP contribution is 2.36. The molecule has 0 saturated carbocycles. The minimum atomic E-state index is 0.0255. The van der Waals surface area contributed by atoms with E-state index in [2.05, 4.69) is 34.0 Å². The summed E-state index contributed by atoms with van der Waals surface area (Å²) in [6.07, 6.45) is 2.99. The molecule has 7 nitrogen and oxygen atoms in total. The molecule has 0 spiro atoms. The second kappa shape index (κ2) is 9.94. The van der Waals surface area contributed by atoms with Crippen LogP contribution in [0.1, 0.15) is 16.7 Å². The lowest BCUT2D eigenvalue weighted by Gasteiger charge is -2.32. The summed E-state index contributed by atoms with van der Waals surface area (Å²) in [6.45, 7) is 5.25. The number of aromatic amines is 1. The van der Waals surface area contributed by atoms with Crippen molar-refractivity contribution >= 4 is 33.9 Å². The summed E-state index contributed by atoms with van der Waals surface area (Å²) in [7, 11) is 2.17. The fourth-order valence-corrected chi connectivity index (χ4v) is 4.95. The number of benzene rings is 3. The lowest BCUT2D eigenvalue weighted by atomic mass is 10.00. The normalized spacial score (nSPS) is 16.4. The van der Waals surface area contributed by atoms with Crippen LogP contribution in [0.5, 0.6) is 17.4 Å². The van der Waals surface area contributed by atoms with Crippen LogP contribution in [0.25, 0.3) is 10.9 Å². The fourth-order valence-electron chi connectivity index (χ4n) is 4.78. The third kappa shape index (κ3) is 4.93. The largest absolute Gasteiger partial charge is 0.494 e. The highest BCUT2D eigenvalue weighted by Gasteiger charge is 2.21. The summed E-state index contributed by atoms with van der Waals surface area (Å²) in [6, 6.07) is 19.4. The molecule has 3 heterocycles. The average molecular weight is 515 g/mol. The minimum Gasteiger partial charge on any atom is -0.494 e. The van der Waals surface area contributed by atoms with Gasteiger partial charge in [0.1, 0.15) is 12.5 Å². The maximum Gasteiger partial charge on any atom is 0.199 e. The van der Waals surface area contributed by atoms with E-state index in [1.165, 1.54) is 18.1 Å². The molecule has 0 amide bonds. The molecule has 2 N–H and O–H groups in total. The van der Waals surface area contributed by atoms with E-state index in [9.17, 15) is 5.11 Å². The number of H-pyrrole nitrogens is 1. The maximum absolute atomic E-state index is 11.0. The van der Waals surface area contributed by atoms with Crippen molar-refractivity contribution < 1.29 is 14.6 Å². The second-order valence-electron chi connectivity index (χ2n) is 9.41. The van der Waals surface area contributed by atoms with Crippen molar-refractivity contribution in [2.45, 2.75) is 6.54 Å². The molecule has 1 fully saturated rings. The average Bonchev–Trinajstić information content (AvgIpc) is 3.23. The van der Waals surface area contributed by atoms with Crippen LogP contribution in [0.4, 0.5) is 5.69 Å². The molecular formula is C29H27ClN4O3. The molecule has 8 heteroatoms. The van der Waals surface area contributed by atoms with Crippen molar-refractivity contribution in [2.75, 3.05) is 33.2 Å². The first kappa shape index (κ1) is 23.6. The molecule has 3 aromatic carbocycles. The number of fused-ring (bicyclic) bond motifs is 2. The predicted octanol–water partition coefficient (Wildman–Crippen LogP) is 5.69. The zero-order valence-corrected chi connectivity index (χ0v) is 21.2. The topological polar surface area (TPSA) is 73.3 Å². The molecule has 0 bridgehead atoms. The zero-order valence-electron chi connectivity index (χ0n) is 20.4. The second-order valence-corrected chi connectivity index (χ2v) is 9.85. The number of nitrogens with one attached hydrogen (secondary N) is 1. The van der Waals surface area contributed by atoms with Crippen LogP contribution in [0.15, 0.2) is 78.2 Å². The third-order valence-corrected chi connectivity index (χ3v) is 7.05. The van der Waals surface area contributed by atoms with Crippen molar-refractivity contribution in [2.24, 2.45) is 4.99 Å². The number of rotatable bonds is 5. The molecule has 4 aromatic rings. The summed E-state index contributed by atoms with van der Waals surface area (Å²) >= 11 is 6.20. The number of halogens is 1.